The van der Waals surface area contributed by atoms with E-state index in [-0.39, 0.29) is 17.2 Å². The van der Waals surface area contributed by atoms with Crippen molar-refractivity contribution in [2.45, 2.75) is 37.8 Å². The predicted octanol–water partition coefficient (Wildman–Crippen LogP) is 1.50. The van der Waals surface area contributed by atoms with E-state index >= 15 is 0 Å². The first kappa shape index (κ1) is 14.8. The van der Waals surface area contributed by atoms with Gasteiger partial charge < -0.3 is 10.0 Å². The zero-order chi connectivity index (χ0) is 14.9. The van der Waals surface area contributed by atoms with Crippen molar-refractivity contribution in [2.75, 3.05) is 12.8 Å². The summed E-state index contributed by atoms with van der Waals surface area (Å²) in [7, 11) is 1.79. The summed E-state index contributed by atoms with van der Waals surface area (Å²) in [5, 5.41) is 9.58. The van der Waals surface area contributed by atoms with Crippen molar-refractivity contribution >= 4 is 23.6 Å². The number of nitrogens with zero attached hydrogens (tertiary/aromatic N) is 3. The Kier molecular flexibility index (Phi) is 4.27. The van der Waals surface area contributed by atoms with Gasteiger partial charge in [0, 0.05) is 13.1 Å². The quantitative estimate of drug-likeness (QED) is 0.655. The Hall–Kier alpha value is -1.63. The fourth-order valence-corrected chi connectivity index (χ4v) is 2.97. The Morgan fingerprint density at radius 1 is 1.35 bits per heavy atom. The Morgan fingerprint density at radius 3 is 2.55 bits per heavy atom. The molecule has 0 bridgehead atoms. The van der Waals surface area contributed by atoms with Crippen molar-refractivity contribution in [1.29, 1.82) is 0 Å². The van der Waals surface area contributed by atoms with Gasteiger partial charge in [0.05, 0.1) is 11.4 Å². The minimum Gasteiger partial charge on any atom is -0.478 e. The molecule has 1 aromatic heterocycles. The summed E-state index contributed by atoms with van der Waals surface area (Å²) in [4.78, 5) is 33.2. The second-order valence-corrected chi connectivity index (χ2v) is 5.83. The number of carbonyl (C=O) groups excluding carboxylic acids is 1. The average Bonchev–Trinajstić information content (AvgIpc) is 3.17. The van der Waals surface area contributed by atoms with E-state index in [2.05, 4.69) is 9.97 Å². The standard InChI is InChI=1S/C13H17N3O3S/c1-7-11(13(18)19)12(15-8(2)14-7)20-6-10(17)16(3)9-4-5-9/h9H,4-6H2,1-3H3,(H,18,19). The number of thioether (sulfide) groups is 1. The highest BCUT2D eigenvalue weighted by Crippen LogP contribution is 2.27. The third-order valence-corrected chi connectivity index (χ3v) is 4.16. The monoisotopic (exact) mass is 295 g/mol. The van der Waals surface area contributed by atoms with Gasteiger partial charge in [-0.2, -0.15) is 0 Å². The van der Waals surface area contributed by atoms with Crippen LogP contribution in [-0.2, 0) is 4.79 Å². The van der Waals surface area contributed by atoms with E-state index in [1.807, 2.05) is 0 Å². The first-order valence-corrected chi connectivity index (χ1v) is 7.35. The molecule has 0 spiro atoms. The summed E-state index contributed by atoms with van der Waals surface area (Å²) >= 11 is 1.16. The fourth-order valence-electron chi connectivity index (χ4n) is 1.93. The van der Waals surface area contributed by atoms with E-state index in [1.165, 1.54) is 0 Å². The molecule has 0 radical (unpaired) electrons. The van der Waals surface area contributed by atoms with Crippen LogP contribution in [0.15, 0.2) is 5.03 Å². The number of hydrogen-bond acceptors (Lipinski definition) is 5. The van der Waals surface area contributed by atoms with Gasteiger partial charge in [-0.1, -0.05) is 11.8 Å². The third-order valence-electron chi connectivity index (χ3n) is 3.20. The lowest BCUT2D eigenvalue weighted by molar-refractivity contribution is -0.127. The van der Waals surface area contributed by atoms with Crippen molar-refractivity contribution in [3.8, 4) is 0 Å². The van der Waals surface area contributed by atoms with E-state index in [9.17, 15) is 14.7 Å². The highest BCUT2D eigenvalue weighted by Gasteiger charge is 2.29. The summed E-state index contributed by atoms with van der Waals surface area (Å²) in [6.45, 7) is 3.35. The molecular formula is C13H17N3O3S. The molecular weight excluding hydrogens is 278 g/mol. The number of carboxylic acids is 1. The van der Waals surface area contributed by atoms with E-state index < -0.39 is 5.97 Å². The van der Waals surface area contributed by atoms with Gasteiger partial charge in [0.25, 0.3) is 0 Å². The van der Waals surface area contributed by atoms with Crippen LogP contribution in [0.2, 0.25) is 0 Å². The van der Waals surface area contributed by atoms with Crippen molar-refractivity contribution in [3.63, 3.8) is 0 Å². The van der Waals surface area contributed by atoms with E-state index in [1.54, 1.807) is 25.8 Å². The Balaban J connectivity index is 2.12. The van der Waals surface area contributed by atoms with Crippen molar-refractivity contribution in [2.24, 2.45) is 0 Å². The molecule has 0 unspecified atom stereocenters. The van der Waals surface area contributed by atoms with Gasteiger partial charge in [-0.3, -0.25) is 4.79 Å². The molecule has 0 aromatic carbocycles. The molecule has 1 amide bonds. The molecule has 1 N–H and O–H groups in total. The van der Waals surface area contributed by atoms with Crippen LogP contribution in [-0.4, -0.2) is 50.7 Å². The normalized spacial score (nSPS) is 14.2. The van der Waals surface area contributed by atoms with Gasteiger partial charge in [-0.15, -0.1) is 0 Å². The van der Waals surface area contributed by atoms with Gasteiger partial charge in [-0.05, 0) is 26.7 Å². The molecule has 2 rings (SSSR count). The smallest absolute Gasteiger partial charge is 0.340 e. The third kappa shape index (κ3) is 3.27. The number of hydrogen-bond donors (Lipinski definition) is 1. The highest BCUT2D eigenvalue weighted by atomic mass is 32.2. The van der Waals surface area contributed by atoms with E-state index in [0.29, 0.717) is 22.6 Å². The number of carboxylic acid groups (broad SMARTS) is 1. The lowest BCUT2D eigenvalue weighted by Crippen LogP contribution is -2.30. The van der Waals surface area contributed by atoms with E-state index in [0.717, 1.165) is 24.6 Å². The minimum absolute atomic E-state index is 0.00255. The van der Waals surface area contributed by atoms with Crippen molar-refractivity contribution in [3.05, 3.63) is 17.1 Å². The zero-order valence-electron chi connectivity index (χ0n) is 11.7. The number of aryl methyl sites for hydroxylation is 2. The molecule has 7 heteroatoms. The first-order chi connectivity index (χ1) is 9.40. The number of rotatable bonds is 5. The maximum absolute atomic E-state index is 12.0. The van der Waals surface area contributed by atoms with Crippen molar-refractivity contribution in [1.82, 2.24) is 14.9 Å². The Morgan fingerprint density at radius 2 is 2.00 bits per heavy atom. The molecule has 1 saturated carbocycles. The minimum atomic E-state index is -1.06. The Labute approximate surface area is 121 Å². The highest BCUT2D eigenvalue weighted by molar-refractivity contribution is 8.00. The molecule has 1 fully saturated rings. The van der Waals surface area contributed by atoms with Crippen LogP contribution in [0.4, 0.5) is 0 Å². The summed E-state index contributed by atoms with van der Waals surface area (Å²) in [6.07, 6.45) is 2.11. The number of amides is 1. The van der Waals surface area contributed by atoms with E-state index in [4.69, 9.17) is 0 Å². The number of aromatic carboxylic acids is 1. The molecule has 0 atom stereocenters. The van der Waals surface area contributed by atoms with Crippen LogP contribution in [0.25, 0.3) is 0 Å². The molecule has 1 aliphatic carbocycles. The molecule has 108 valence electrons. The molecule has 6 nitrogen and oxygen atoms in total. The molecule has 1 heterocycles. The van der Waals surface area contributed by atoms with Crippen LogP contribution < -0.4 is 0 Å². The summed E-state index contributed by atoms with van der Waals surface area (Å²) < 4.78 is 0. The van der Waals surface area contributed by atoms with Crippen LogP contribution >= 0.6 is 11.8 Å². The van der Waals surface area contributed by atoms with Crippen molar-refractivity contribution < 1.29 is 14.7 Å². The van der Waals surface area contributed by atoms with Crippen LogP contribution in [0, 0.1) is 13.8 Å². The predicted molar refractivity (Wildman–Crippen MR) is 75.0 cm³/mol. The zero-order valence-corrected chi connectivity index (χ0v) is 12.5. The first-order valence-electron chi connectivity index (χ1n) is 6.37. The lowest BCUT2D eigenvalue weighted by atomic mass is 10.2. The summed E-state index contributed by atoms with van der Waals surface area (Å²) in [5.41, 5.74) is 0.512. The summed E-state index contributed by atoms with van der Waals surface area (Å²) in [5.74, 6) is -0.350. The lowest BCUT2D eigenvalue weighted by Gasteiger charge is -2.16. The molecule has 0 aliphatic heterocycles. The maximum atomic E-state index is 12.0. The number of aromatic nitrogens is 2. The molecule has 1 aliphatic rings. The van der Waals surface area contributed by atoms with Gasteiger partial charge in [0.15, 0.2) is 0 Å². The average molecular weight is 295 g/mol. The SMILES string of the molecule is Cc1nc(C)c(C(=O)O)c(SCC(=O)N(C)C2CC2)n1. The second-order valence-electron chi connectivity index (χ2n) is 4.87. The van der Waals surface area contributed by atoms with Gasteiger partial charge >= 0.3 is 5.97 Å². The van der Waals surface area contributed by atoms with Gasteiger partial charge in [0.2, 0.25) is 5.91 Å². The van der Waals surface area contributed by atoms with Crippen LogP contribution in [0.1, 0.15) is 34.7 Å². The maximum Gasteiger partial charge on any atom is 0.340 e. The fraction of sp³-hybridized carbons (Fsp3) is 0.538. The second kappa shape index (κ2) is 5.78. The molecule has 0 saturated heterocycles. The summed E-state index contributed by atoms with van der Waals surface area (Å²) in [6, 6.07) is 0.357. The molecule has 1 aromatic rings. The van der Waals surface area contributed by atoms with Crippen LogP contribution in [0.3, 0.4) is 0 Å². The van der Waals surface area contributed by atoms with Crippen LogP contribution in [0.5, 0.6) is 0 Å². The van der Waals surface area contributed by atoms with Gasteiger partial charge in [0.1, 0.15) is 16.4 Å². The number of carbonyl (C=O) groups is 2. The Bertz CT molecular complexity index is 558. The van der Waals surface area contributed by atoms with Gasteiger partial charge in [-0.25, -0.2) is 14.8 Å². The largest absolute Gasteiger partial charge is 0.478 e. The molecule has 20 heavy (non-hydrogen) atoms. The topological polar surface area (TPSA) is 83.4 Å².